The fourth-order valence-corrected chi connectivity index (χ4v) is 1.70. The predicted octanol–water partition coefficient (Wildman–Crippen LogP) is 1.47. The number of rotatable bonds is 4. The number of hydrogen-bond acceptors (Lipinski definition) is 4. The molecule has 0 amide bonds. The molecule has 94 valence electrons. The van der Waals surface area contributed by atoms with Crippen LogP contribution in [0, 0.1) is 0 Å². The molecular weight excluding hydrogens is 233 g/mol. The Morgan fingerprint density at radius 2 is 1.94 bits per heavy atom. The minimum absolute atomic E-state index is 0.0846. The lowest BCUT2D eigenvalue weighted by molar-refractivity contribution is -0.120. The molecule has 1 heterocycles. The minimum atomic E-state index is -4.24. The number of hydrogen-bond donors (Lipinski definition) is 1. The molecule has 1 fully saturated rings. The van der Waals surface area contributed by atoms with Crippen molar-refractivity contribution in [2.45, 2.75) is 31.6 Å². The van der Waals surface area contributed by atoms with E-state index < -0.39 is 12.7 Å². The zero-order valence-electron chi connectivity index (χ0n) is 9.11. The van der Waals surface area contributed by atoms with Gasteiger partial charge in [0.1, 0.15) is 6.54 Å². The molecule has 1 aliphatic carbocycles. The smallest absolute Gasteiger partial charge is 0.343 e. The lowest BCUT2D eigenvalue weighted by atomic mass is 10.3. The van der Waals surface area contributed by atoms with Crippen LogP contribution in [0.15, 0.2) is 12.4 Å². The standard InChI is InChI=1S/C10H13F3N4/c11-10(12,13)6-17(7-1-2-7)9-8(5-14)15-3-4-16-9/h3-4,7H,1-2,5-6,14H2. The molecule has 1 aromatic heterocycles. The van der Waals surface area contributed by atoms with E-state index in [1.54, 1.807) is 0 Å². The van der Waals surface area contributed by atoms with Crippen molar-refractivity contribution in [3.8, 4) is 0 Å². The first-order valence-corrected chi connectivity index (χ1v) is 5.34. The largest absolute Gasteiger partial charge is 0.405 e. The summed E-state index contributed by atoms with van der Waals surface area (Å²) in [5, 5.41) is 0. The summed E-state index contributed by atoms with van der Waals surface area (Å²) in [5.41, 5.74) is 5.87. The van der Waals surface area contributed by atoms with Crippen molar-refractivity contribution in [1.29, 1.82) is 0 Å². The third-order valence-electron chi connectivity index (χ3n) is 2.55. The second-order valence-electron chi connectivity index (χ2n) is 4.01. The van der Waals surface area contributed by atoms with Gasteiger partial charge in [-0.25, -0.2) is 4.98 Å². The van der Waals surface area contributed by atoms with Gasteiger partial charge in [-0.3, -0.25) is 4.98 Å². The molecule has 0 saturated heterocycles. The van der Waals surface area contributed by atoms with E-state index in [1.165, 1.54) is 17.3 Å². The van der Waals surface area contributed by atoms with Crippen molar-refractivity contribution in [3.63, 3.8) is 0 Å². The maximum Gasteiger partial charge on any atom is 0.405 e. The molecule has 4 nitrogen and oxygen atoms in total. The van der Waals surface area contributed by atoms with Crippen molar-refractivity contribution in [3.05, 3.63) is 18.1 Å². The zero-order valence-corrected chi connectivity index (χ0v) is 9.11. The highest BCUT2D eigenvalue weighted by molar-refractivity contribution is 5.45. The number of aromatic nitrogens is 2. The van der Waals surface area contributed by atoms with Gasteiger partial charge in [0.15, 0.2) is 5.82 Å². The van der Waals surface area contributed by atoms with Crippen molar-refractivity contribution < 1.29 is 13.2 Å². The number of alkyl halides is 3. The number of anilines is 1. The Morgan fingerprint density at radius 3 is 2.47 bits per heavy atom. The molecule has 1 aromatic rings. The summed E-state index contributed by atoms with van der Waals surface area (Å²) < 4.78 is 37.5. The van der Waals surface area contributed by atoms with E-state index in [1.807, 2.05) is 0 Å². The van der Waals surface area contributed by atoms with Crippen LogP contribution in [0.4, 0.5) is 19.0 Å². The monoisotopic (exact) mass is 246 g/mol. The normalized spacial score (nSPS) is 16.0. The minimum Gasteiger partial charge on any atom is -0.343 e. The maximum atomic E-state index is 12.5. The fraction of sp³-hybridized carbons (Fsp3) is 0.600. The summed E-state index contributed by atoms with van der Waals surface area (Å²) in [4.78, 5) is 9.20. The van der Waals surface area contributed by atoms with Gasteiger partial charge >= 0.3 is 6.18 Å². The molecule has 0 aromatic carbocycles. The highest BCUT2D eigenvalue weighted by Gasteiger charge is 2.39. The van der Waals surface area contributed by atoms with Crippen LogP contribution in [0.1, 0.15) is 18.5 Å². The van der Waals surface area contributed by atoms with Crippen molar-refractivity contribution in [1.82, 2.24) is 9.97 Å². The van der Waals surface area contributed by atoms with Crippen LogP contribution >= 0.6 is 0 Å². The molecule has 7 heteroatoms. The van der Waals surface area contributed by atoms with Crippen LogP contribution in [0.25, 0.3) is 0 Å². The van der Waals surface area contributed by atoms with Crippen LogP contribution < -0.4 is 10.6 Å². The molecule has 17 heavy (non-hydrogen) atoms. The van der Waals surface area contributed by atoms with Crippen LogP contribution in [-0.2, 0) is 6.54 Å². The summed E-state index contributed by atoms with van der Waals surface area (Å²) >= 11 is 0. The van der Waals surface area contributed by atoms with Gasteiger partial charge in [-0.2, -0.15) is 13.2 Å². The lowest BCUT2D eigenvalue weighted by Gasteiger charge is -2.25. The van der Waals surface area contributed by atoms with Crippen molar-refractivity contribution >= 4 is 5.82 Å². The van der Waals surface area contributed by atoms with Gasteiger partial charge in [0.25, 0.3) is 0 Å². The Labute approximate surface area is 96.7 Å². The van der Waals surface area contributed by atoms with E-state index in [4.69, 9.17) is 5.73 Å². The summed E-state index contributed by atoms with van der Waals surface area (Å²) in [5.74, 6) is 0.259. The van der Waals surface area contributed by atoms with Gasteiger partial charge in [0.2, 0.25) is 0 Å². The summed E-state index contributed by atoms with van der Waals surface area (Å²) in [6.07, 6.45) is 0.101. The zero-order chi connectivity index (χ0) is 12.5. The first-order chi connectivity index (χ1) is 8.01. The molecule has 1 aliphatic rings. The van der Waals surface area contributed by atoms with Crippen LogP contribution in [-0.4, -0.2) is 28.7 Å². The molecule has 2 rings (SSSR count). The fourth-order valence-electron chi connectivity index (χ4n) is 1.70. The van der Waals surface area contributed by atoms with E-state index >= 15 is 0 Å². The molecule has 0 radical (unpaired) electrons. The Kier molecular flexibility index (Phi) is 3.19. The summed E-state index contributed by atoms with van der Waals surface area (Å²) in [6, 6.07) is -0.0846. The summed E-state index contributed by atoms with van der Waals surface area (Å²) in [7, 11) is 0. The van der Waals surface area contributed by atoms with E-state index in [2.05, 4.69) is 9.97 Å². The lowest BCUT2D eigenvalue weighted by Crippen LogP contribution is -2.37. The average molecular weight is 246 g/mol. The highest BCUT2D eigenvalue weighted by Crippen LogP contribution is 2.34. The molecule has 0 bridgehead atoms. The topological polar surface area (TPSA) is 55.0 Å². The third kappa shape index (κ3) is 3.06. The highest BCUT2D eigenvalue weighted by atomic mass is 19.4. The molecule has 0 unspecified atom stereocenters. The SMILES string of the molecule is NCc1nccnc1N(CC(F)(F)F)C1CC1. The maximum absolute atomic E-state index is 12.5. The number of nitrogens with two attached hydrogens (primary N) is 1. The van der Waals surface area contributed by atoms with Gasteiger partial charge in [-0.15, -0.1) is 0 Å². The van der Waals surface area contributed by atoms with E-state index in [-0.39, 0.29) is 18.4 Å². The molecule has 0 aliphatic heterocycles. The Balaban J connectivity index is 2.26. The predicted molar refractivity (Wildman–Crippen MR) is 56.3 cm³/mol. The molecule has 0 atom stereocenters. The van der Waals surface area contributed by atoms with Crippen LogP contribution in [0.3, 0.4) is 0 Å². The Morgan fingerprint density at radius 1 is 1.29 bits per heavy atom. The van der Waals surface area contributed by atoms with E-state index in [0.717, 1.165) is 12.8 Å². The quantitative estimate of drug-likeness (QED) is 0.874. The van der Waals surface area contributed by atoms with Crippen LogP contribution in [0.2, 0.25) is 0 Å². The molecular formula is C10H13F3N4. The van der Waals surface area contributed by atoms with Gasteiger partial charge < -0.3 is 10.6 Å². The van der Waals surface area contributed by atoms with Crippen molar-refractivity contribution in [2.24, 2.45) is 5.73 Å². The molecule has 1 saturated carbocycles. The molecule has 0 spiro atoms. The van der Waals surface area contributed by atoms with Crippen molar-refractivity contribution in [2.75, 3.05) is 11.4 Å². The van der Waals surface area contributed by atoms with Gasteiger partial charge in [0, 0.05) is 25.0 Å². The van der Waals surface area contributed by atoms with Gasteiger partial charge in [-0.05, 0) is 12.8 Å². The Hall–Kier alpha value is -1.37. The third-order valence-corrected chi connectivity index (χ3v) is 2.55. The number of halogens is 3. The van der Waals surface area contributed by atoms with Gasteiger partial charge in [0.05, 0.1) is 5.69 Å². The Bertz CT molecular complexity index is 389. The summed E-state index contributed by atoms with van der Waals surface area (Å²) in [6.45, 7) is -0.909. The van der Waals surface area contributed by atoms with E-state index in [0.29, 0.717) is 5.69 Å². The van der Waals surface area contributed by atoms with E-state index in [9.17, 15) is 13.2 Å². The molecule has 2 N–H and O–H groups in total. The first kappa shape index (κ1) is 12.1. The average Bonchev–Trinajstić information content (AvgIpc) is 3.08. The van der Waals surface area contributed by atoms with Gasteiger partial charge in [-0.1, -0.05) is 0 Å². The van der Waals surface area contributed by atoms with Crippen LogP contribution in [0.5, 0.6) is 0 Å². The number of nitrogens with zero attached hydrogens (tertiary/aromatic N) is 3. The first-order valence-electron chi connectivity index (χ1n) is 5.34. The second-order valence-corrected chi connectivity index (χ2v) is 4.01. The second kappa shape index (κ2) is 4.48.